The maximum Gasteiger partial charge on any atom is 0.309 e. The van der Waals surface area contributed by atoms with Gasteiger partial charge in [-0.3, -0.25) is 9.69 Å². The second-order valence-electron chi connectivity index (χ2n) is 3.66. The minimum absolute atomic E-state index is 0.204. The summed E-state index contributed by atoms with van der Waals surface area (Å²) in [5, 5.41) is 8.78. The lowest BCUT2D eigenvalue weighted by atomic mass is 10.1. The van der Waals surface area contributed by atoms with E-state index in [-0.39, 0.29) is 12.0 Å². The van der Waals surface area contributed by atoms with Crippen molar-refractivity contribution < 1.29 is 9.90 Å². The molecule has 0 bridgehead atoms. The number of hydrogen-bond donors (Lipinski definition) is 2. The fourth-order valence-electron chi connectivity index (χ4n) is 1.54. The molecule has 1 saturated heterocycles. The van der Waals surface area contributed by atoms with Gasteiger partial charge in [-0.25, -0.2) is 0 Å². The molecule has 1 aliphatic heterocycles. The Morgan fingerprint density at radius 1 is 1.58 bits per heavy atom. The summed E-state index contributed by atoms with van der Waals surface area (Å²) in [6.07, 6.45) is 0. The molecular weight excluding hydrogens is 156 g/mol. The van der Waals surface area contributed by atoms with Crippen LogP contribution in [0.1, 0.15) is 13.8 Å². The molecule has 1 fully saturated rings. The molecule has 0 spiro atoms. The van der Waals surface area contributed by atoms with Crippen LogP contribution in [0.25, 0.3) is 0 Å². The average molecular weight is 172 g/mol. The van der Waals surface area contributed by atoms with Crippen LogP contribution in [-0.4, -0.2) is 41.1 Å². The molecule has 0 amide bonds. The number of hydrogen-bond acceptors (Lipinski definition) is 3. The van der Waals surface area contributed by atoms with Crippen LogP contribution >= 0.6 is 0 Å². The summed E-state index contributed by atoms with van der Waals surface area (Å²) in [4.78, 5) is 12.8. The normalized spacial score (nSPS) is 31.3. The first-order chi connectivity index (χ1) is 5.52. The van der Waals surface area contributed by atoms with Crippen molar-refractivity contribution in [2.75, 3.05) is 13.1 Å². The van der Waals surface area contributed by atoms with E-state index in [0.29, 0.717) is 19.1 Å². The second kappa shape index (κ2) is 3.41. The fraction of sp³-hybridized carbons (Fsp3) is 0.875. The lowest BCUT2D eigenvalue weighted by molar-refractivity contribution is -0.141. The zero-order valence-electron chi connectivity index (χ0n) is 7.53. The Morgan fingerprint density at radius 3 is 2.42 bits per heavy atom. The largest absolute Gasteiger partial charge is 0.481 e. The number of nitrogens with two attached hydrogens (primary N) is 1. The molecule has 70 valence electrons. The van der Waals surface area contributed by atoms with Gasteiger partial charge >= 0.3 is 5.97 Å². The van der Waals surface area contributed by atoms with Gasteiger partial charge in [-0.15, -0.1) is 0 Å². The average Bonchev–Trinajstić information content (AvgIpc) is 2.30. The zero-order valence-corrected chi connectivity index (χ0v) is 7.53. The van der Waals surface area contributed by atoms with Gasteiger partial charge in [-0.1, -0.05) is 0 Å². The molecule has 3 N–H and O–H groups in total. The summed E-state index contributed by atoms with van der Waals surface area (Å²) in [6, 6.07) is 0.185. The van der Waals surface area contributed by atoms with E-state index in [0.717, 1.165) is 0 Å². The van der Waals surface area contributed by atoms with Crippen molar-refractivity contribution in [3.8, 4) is 0 Å². The molecular formula is C8H16N2O2. The number of aliphatic carboxylic acids is 1. The molecule has 1 rings (SSSR count). The van der Waals surface area contributed by atoms with Crippen molar-refractivity contribution in [3.05, 3.63) is 0 Å². The van der Waals surface area contributed by atoms with E-state index < -0.39 is 5.97 Å². The summed E-state index contributed by atoms with van der Waals surface area (Å²) >= 11 is 0. The van der Waals surface area contributed by atoms with Gasteiger partial charge in [0.25, 0.3) is 0 Å². The summed E-state index contributed by atoms with van der Waals surface area (Å²) in [5.74, 6) is -1.15. The molecule has 0 aromatic rings. The molecule has 2 atom stereocenters. The first-order valence-corrected chi connectivity index (χ1v) is 4.24. The van der Waals surface area contributed by atoms with Gasteiger partial charge in [0, 0.05) is 25.2 Å². The highest BCUT2D eigenvalue weighted by Gasteiger charge is 2.35. The Bertz CT molecular complexity index is 182. The number of carboxylic acid groups (broad SMARTS) is 1. The van der Waals surface area contributed by atoms with Crippen molar-refractivity contribution in [3.63, 3.8) is 0 Å². The van der Waals surface area contributed by atoms with E-state index >= 15 is 0 Å². The molecule has 2 unspecified atom stereocenters. The quantitative estimate of drug-likeness (QED) is 0.602. The highest BCUT2D eigenvalue weighted by atomic mass is 16.4. The summed E-state index contributed by atoms with van der Waals surface area (Å²) in [7, 11) is 0. The fourth-order valence-corrected chi connectivity index (χ4v) is 1.54. The van der Waals surface area contributed by atoms with E-state index in [9.17, 15) is 4.79 Å². The van der Waals surface area contributed by atoms with Crippen LogP contribution in [-0.2, 0) is 4.79 Å². The molecule has 0 aromatic carbocycles. The zero-order chi connectivity index (χ0) is 9.30. The lowest BCUT2D eigenvalue weighted by Gasteiger charge is -2.19. The van der Waals surface area contributed by atoms with Gasteiger partial charge in [-0.2, -0.15) is 0 Å². The van der Waals surface area contributed by atoms with Crippen LogP contribution in [0.2, 0.25) is 0 Å². The van der Waals surface area contributed by atoms with Gasteiger partial charge in [0.2, 0.25) is 0 Å². The molecule has 0 radical (unpaired) electrons. The monoisotopic (exact) mass is 172 g/mol. The molecule has 1 aliphatic rings. The van der Waals surface area contributed by atoms with Crippen molar-refractivity contribution in [2.24, 2.45) is 11.7 Å². The molecule has 0 aliphatic carbocycles. The second-order valence-corrected chi connectivity index (χ2v) is 3.66. The van der Waals surface area contributed by atoms with E-state index in [2.05, 4.69) is 18.7 Å². The standard InChI is InChI=1S/C8H16N2O2/c1-5(2)10-3-6(8(11)12)7(9)4-10/h5-7H,3-4,9H2,1-2H3,(H,11,12). The number of carboxylic acids is 1. The van der Waals surface area contributed by atoms with Crippen LogP contribution in [0.15, 0.2) is 0 Å². The summed E-state index contributed by atoms with van der Waals surface area (Å²) < 4.78 is 0. The Labute approximate surface area is 72.3 Å². The minimum atomic E-state index is -0.773. The van der Waals surface area contributed by atoms with Gasteiger partial charge in [0.05, 0.1) is 5.92 Å². The molecule has 0 aromatic heterocycles. The van der Waals surface area contributed by atoms with E-state index in [1.807, 2.05) is 0 Å². The molecule has 0 saturated carbocycles. The van der Waals surface area contributed by atoms with Crippen molar-refractivity contribution in [2.45, 2.75) is 25.9 Å². The predicted molar refractivity (Wildman–Crippen MR) is 45.8 cm³/mol. The van der Waals surface area contributed by atoms with E-state index in [1.54, 1.807) is 0 Å². The van der Waals surface area contributed by atoms with Crippen LogP contribution in [0, 0.1) is 5.92 Å². The van der Waals surface area contributed by atoms with E-state index in [4.69, 9.17) is 10.8 Å². The Hall–Kier alpha value is -0.610. The summed E-state index contributed by atoms with van der Waals surface area (Å²) in [5.41, 5.74) is 5.69. The van der Waals surface area contributed by atoms with Gasteiger partial charge in [0.15, 0.2) is 0 Å². The van der Waals surface area contributed by atoms with Crippen molar-refractivity contribution >= 4 is 5.97 Å². The van der Waals surface area contributed by atoms with Crippen molar-refractivity contribution in [1.29, 1.82) is 0 Å². The van der Waals surface area contributed by atoms with Crippen LogP contribution in [0.3, 0.4) is 0 Å². The van der Waals surface area contributed by atoms with Gasteiger partial charge in [-0.05, 0) is 13.8 Å². The molecule has 4 heteroatoms. The number of rotatable bonds is 2. The number of likely N-dealkylation sites (tertiary alicyclic amines) is 1. The summed E-state index contributed by atoms with van der Waals surface area (Å²) in [6.45, 7) is 5.40. The maximum atomic E-state index is 10.7. The van der Waals surface area contributed by atoms with Crippen LogP contribution in [0.4, 0.5) is 0 Å². The first-order valence-electron chi connectivity index (χ1n) is 4.24. The third-order valence-corrected chi connectivity index (χ3v) is 2.44. The lowest BCUT2D eigenvalue weighted by Crippen LogP contribution is -2.34. The van der Waals surface area contributed by atoms with E-state index in [1.165, 1.54) is 0 Å². The third-order valence-electron chi connectivity index (χ3n) is 2.44. The minimum Gasteiger partial charge on any atom is -0.481 e. The number of carbonyl (C=O) groups is 1. The SMILES string of the molecule is CC(C)N1CC(N)C(C(=O)O)C1. The van der Waals surface area contributed by atoms with Gasteiger partial charge < -0.3 is 10.8 Å². The maximum absolute atomic E-state index is 10.7. The van der Waals surface area contributed by atoms with Crippen LogP contribution < -0.4 is 5.73 Å². The van der Waals surface area contributed by atoms with Crippen molar-refractivity contribution in [1.82, 2.24) is 4.90 Å². The van der Waals surface area contributed by atoms with Gasteiger partial charge in [0.1, 0.15) is 0 Å². The Morgan fingerprint density at radius 2 is 2.17 bits per heavy atom. The highest BCUT2D eigenvalue weighted by molar-refractivity contribution is 5.71. The molecule has 1 heterocycles. The third kappa shape index (κ3) is 1.76. The highest BCUT2D eigenvalue weighted by Crippen LogP contribution is 2.17. The Kier molecular flexibility index (Phi) is 2.69. The molecule has 4 nitrogen and oxygen atoms in total. The first kappa shape index (κ1) is 9.48. The topological polar surface area (TPSA) is 66.6 Å². The Balaban J connectivity index is 2.56. The smallest absolute Gasteiger partial charge is 0.309 e. The molecule has 12 heavy (non-hydrogen) atoms. The number of nitrogens with zero attached hydrogens (tertiary/aromatic N) is 1. The van der Waals surface area contributed by atoms with Crippen LogP contribution in [0.5, 0.6) is 0 Å². The predicted octanol–water partition coefficient (Wildman–Crippen LogP) is -0.261.